The molecule has 29 heavy (non-hydrogen) atoms. The number of methoxy groups -OCH3 is 1. The van der Waals surface area contributed by atoms with Gasteiger partial charge in [-0.1, -0.05) is 44.2 Å². The summed E-state index contributed by atoms with van der Waals surface area (Å²) in [7, 11) is 1.64. The second-order valence-electron chi connectivity index (χ2n) is 7.00. The highest BCUT2D eigenvalue weighted by molar-refractivity contribution is 5.94. The van der Waals surface area contributed by atoms with Crippen LogP contribution in [0.4, 0.5) is 5.69 Å². The number of carbonyl (C=O) groups is 2. The molecule has 0 fully saturated rings. The van der Waals surface area contributed by atoms with Crippen molar-refractivity contribution in [2.45, 2.75) is 46.5 Å². The number of nitrogens with zero attached hydrogens (tertiary/aromatic N) is 1. The first-order valence-electron chi connectivity index (χ1n) is 10.3. The fraction of sp³-hybridized carbons (Fsp3) is 0.417. The molecular weight excluding hydrogens is 364 g/mol. The topological polar surface area (TPSA) is 58.6 Å². The highest BCUT2D eigenvalue weighted by Crippen LogP contribution is 2.27. The molecule has 0 aliphatic carbocycles. The third-order valence-electron chi connectivity index (χ3n) is 5.07. The molecule has 2 amide bonds. The van der Waals surface area contributed by atoms with E-state index >= 15 is 0 Å². The van der Waals surface area contributed by atoms with Crippen molar-refractivity contribution < 1.29 is 14.3 Å². The Morgan fingerprint density at radius 3 is 2.14 bits per heavy atom. The molecule has 0 saturated carbocycles. The molecule has 5 heteroatoms. The fourth-order valence-corrected chi connectivity index (χ4v) is 3.43. The van der Waals surface area contributed by atoms with Gasteiger partial charge in [-0.05, 0) is 48.1 Å². The first-order valence-corrected chi connectivity index (χ1v) is 10.3. The fourth-order valence-electron chi connectivity index (χ4n) is 3.43. The summed E-state index contributed by atoms with van der Waals surface area (Å²) in [6.45, 7) is 6.68. The number of nitrogens with one attached hydrogen (secondary N) is 1. The molecule has 2 aromatic carbocycles. The van der Waals surface area contributed by atoms with Gasteiger partial charge in [0.1, 0.15) is 5.75 Å². The van der Waals surface area contributed by atoms with Crippen LogP contribution >= 0.6 is 0 Å². The molecule has 5 nitrogen and oxygen atoms in total. The number of aryl methyl sites for hydroxylation is 2. The maximum absolute atomic E-state index is 12.3. The third kappa shape index (κ3) is 6.34. The first-order chi connectivity index (χ1) is 14.0. The molecule has 0 atom stereocenters. The van der Waals surface area contributed by atoms with E-state index < -0.39 is 0 Å². The summed E-state index contributed by atoms with van der Waals surface area (Å²) in [5.41, 5.74) is 4.39. The van der Waals surface area contributed by atoms with Gasteiger partial charge in [-0.25, -0.2) is 0 Å². The summed E-state index contributed by atoms with van der Waals surface area (Å²) >= 11 is 0. The van der Waals surface area contributed by atoms with Crippen molar-refractivity contribution >= 4 is 17.5 Å². The summed E-state index contributed by atoms with van der Waals surface area (Å²) in [5, 5.41) is 2.95. The minimum Gasteiger partial charge on any atom is -0.497 e. The van der Waals surface area contributed by atoms with Crippen LogP contribution in [0.25, 0.3) is 0 Å². The average molecular weight is 397 g/mol. The number of hydrogen-bond acceptors (Lipinski definition) is 3. The molecule has 2 rings (SSSR count). The van der Waals surface area contributed by atoms with Crippen LogP contribution in [0.1, 0.15) is 43.9 Å². The maximum atomic E-state index is 12.3. The van der Waals surface area contributed by atoms with E-state index in [4.69, 9.17) is 4.74 Å². The summed E-state index contributed by atoms with van der Waals surface area (Å²) in [6, 6.07) is 14.0. The molecule has 0 radical (unpaired) electrons. The first kappa shape index (κ1) is 22.5. The van der Waals surface area contributed by atoms with Crippen molar-refractivity contribution in [2.24, 2.45) is 0 Å². The van der Waals surface area contributed by atoms with Gasteiger partial charge in [0, 0.05) is 32.1 Å². The van der Waals surface area contributed by atoms with Crippen molar-refractivity contribution in [3.8, 4) is 5.75 Å². The minimum absolute atomic E-state index is 0.0355. The Kier molecular flexibility index (Phi) is 8.71. The number of para-hydroxylation sites is 1. The Balaban J connectivity index is 1.93. The lowest BCUT2D eigenvalue weighted by atomic mass is 10.0. The van der Waals surface area contributed by atoms with Crippen LogP contribution in [-0.4, -0.2) is 32.0 Å². The molecule has 0 aromatic heterocycles. The Labute approximate surface area is 174 Å². The van der Waals surface area contributed by atoms with E-state index in [1.165, 1.54) is 0 Å². The van der Waals surface area contributed by atoms with E-state index in [9.17, 15) is 9.59 Å². The summed E-state index contributed by atoms with van der Waals surface area (Å²) < 4.78 is 5.15. The van der Waals surface area contributed by atoms with Crippen LogP contribution in [0.5, 0.6) is 5.75 Å². The molecule has 0 saturated heterocycles. The van der Waals surface area contributed by atoms with E-state index in [0.717, 1.165) is 47.4 Å². The lowest BCUT2D eigenvalue weighted by Gasteiger charge is -2.26. The van der Waals surface area contributed by atoms with Crippen molar-refractivity contribution in [3.05, 3.63) is 59.2 Å². The molecular formula is C24H32N2O3. The lowest BCUT2D eigenvalue weighted by molar-refractivity contribution is -0.121. The number of amides is 2. The molecule has 0 aliphatic rings. The Morgan fingerprint density at radius 1 is 1.00 bits per heavy atom. The SMILES string of the molecule is CCc1cccc(CC)c1N(CCC(=O)NCCc1ccc(OC)cc1)C(C)=O. The number of hydrogen-bond donors (Lipinski definition) is 1. The molecule has 0 unspecified atom stereocenters. The minimum atomic E-state index is -0.0446. The average Bonchev–Trinajstić information content (AvgIpc) is 2.74. The molecule has 1 N–H and O–H groups in total. The van der Waals surface area contributed by atoms with Gasteiger partial charge < -0.3 is 15.0 Å². The third-order valence-corrected chi connectivity index (χ3v) is 5.07. The number of rotatable bonds is 10. The Morgan fingerprint density at radius 2 is 1.62 bits per heavy atom. The number of ether oxygens (including phenoxy) is 1. The van der Waals surface area contributed by atoms with E-state index in [0.29, 0.717) is 13.1 Å². The second-order valence-corrected chi connectivity index (χ2v) is 7.00. The predicted molar refractivity (Wildman–Crippen MR) is 118 cm³/mol. The van der Waals surface area contributed by atoms with E-state index in [2.05, 4.69) is 31.3 Å². The van der Waals surface area contributed by atoms with Crippen LogP contribution < -0.4 is 15.0 Å². The highest BCUT2D eigenvalue weighted by atomic mass is 16.5. The van der Waals surface area contributed by atoms with Crippen LogP contribution in [-0.2, 0) is 28.9 Å². The Bertz CT molecular complexity index is 793. The van der Waals surface area contributed by atoms with Gasteiger partial charge in [-0.2, -0.15) is 0 Å². The normalized spacial score (nSPS) is 10.5. The second kappa shape index (κ2) is 11.2. The molecule has 0 spiro atoms. The molecule has 0 bridgehead atoms. The highest BCUT2D eigenvalue weighted by Gasteiger charge is 2.19. The maximum Gasteiger partial charge on any atom is 0.223 e. The number of carbonyl (C=O) groups excluding carboxylic acids is 2. The zero-order valence-electron chi connectivity index (χ0n) is 18.0. The quantitative estimate of drug-likeness (QED) is 0.662. The van der Waals surface area contributed by atoms with Gasteiger partial charge in [0.05, 0.1) is 7.11 Å². The van der Waals surface area contributed by atoms with E-state index in [1.807, 2.05) is 30.3 Å². The zero-order chi connectivity index (χ0) is 21.2. The lowest BCUT2D eigenvalue weighted by Crippen LogP contribution is -2.35. The van der Waals surface area contributed by atoms with Crippen LogP contribution in [0, 0.1) is 0 Å². The Hall–Kier alpha value is -2.82. The molecule has 156 valence electrons. The van der Waals surface area contributed by atoms with Crippen molar-refractivity contribution in [3.63, 3.8) is 0 Å². The molecule has 0 heterocycles. The van der Waals surface area contributed by atoms with Crippen LogP contribution in [0.3, 0.4) is 0 Å². The van der Waals surface area contributed by atoms with Gasteiger partial charge >= 0.3 is 0 Å². The van der Waals surface area contributed by atoms with Gasteiger partial charge in [-0.3, -0.25) is 9.59 Å². The smallest absolute Gasteiger partial charge is 0.223 e. The van der Waals surface area contributed by atoms with Crippen molar-refractivity contribution in [1.29, 1.82) is 0 Å². The van der Waals surface area contributed by atoms with Crippen molar-refractivity contribution in [1.82, 2.24) is 5.32 Å². The van der Waals surface area contributed by atoms with Gasteiger partial charge in [0.15, 0.2) is 0 Å². The van der Waals surface area contributed by atoms with Gasteiger partial charge in [-0.15, -0.1) is 0 Å². The van der Waals surface area contributed by atoms with Gasteiger partial charge in [0.25, 0.3) is 0 Å². The standard InChI is InChI=1S/C24H32N2O3/c1-5-20-8-7-9-21(6-2)24(20)26(18(3)27)17-15-23(28)25-16-14-19-10-12-22(29-4)13-11-19/h7-13H,5-6,14-17H2,1-4H3,(H,25,28). The summed E-state index contributed by atoms with van der Waals surface area (Å²) in [4.78, 5) is 26.4. The monoisotopic (exact) mass is 396 g/mol. The van der Waals surface area contributed by atoms with Gasteiger partial charge in [0.2, 0.25) is 11.8 Å². The predicted octanol–water partition coefficient (Wildman–Crippen LogP) is 3.92. The molecule has 2 aromatic rings. The number of benzene rings is 2. The van der Waals surface area contributed by atoms with Crippen LogP contribution in [0.2, 0.25) is 0 Å². The summed E-state index contributed by atoms with van der Waals surface area (Å²) in [5.74, 6) is 0.740. The van der Waals surface area contributed by atoms with E-state index in [1.54, 1.807) is 18.9 Å². The van der Waals surface area contributed by atoms with E-state index in [-0.39, 0.29) is 18.2 Å². The summed E-state index contributed by atoms with van der Waals surface area (Å²) in [6.07, 6.45) is 2.73. The largest absolute Gasteiger partial charge is 0.497 e. The van der Waals surface area contributed by atoms with Crippen LogP contribution in [0.15, 0.2) is 42.5 Å². The van der Waals surface area contributed by atoms with Crippen molar-refractivity contribution in [2.75, 3.05) is 25.1 Å². The zero-order valence-corrected chi connectivity index (χ0v) is 18.0. The molecule has 0 aliphatic heterocycles. The number of anilines is 1.